The molecule has 9 atom stereocenters. The summed E-state index contributed by atoms with van der Waals surface area (Å²) in [7, 11) is -1.46. The van der Waals surface area contributed by atoms with E-state index < -0.39 is 9.84 Å². The summed E-state index contributed by atoms with van der Waals surface area (Å²) in [6.45, 7) is 17.9. The third-order valence-electron chi connectivity index (χ3n) is 16.7. The van der Waals surface area contributed by atoms with Crippen LogP contribution in [0.3, 0.4) is 0 Å². The second-order valence-electron chi connectivity index (χ2n) is 18.8. The summed E-state index contributed by atoms with van der Waals surface area (Å²) in [5.74, 6) is 2.72. The lowest BCUT2D eigenvalue weighted by Gasteiger charge is -2.72. The molecule has 1 aromatic carbocycles. The van der Waals surface area contributed by atoms with Gasteiger partial charge in [-0.25, -0.2) is 13.2 Å². The van der Waals surface area contributed by atoms with Gasteiger partial charge in [-0.3, -0.25) is 0 Å². The number of rotatable bonds is 7. The Bertz CT molecular complexity index is 1670. The SMILES string of the molecule is COC(=O)c1ccc(C2=CC[C@]3(C)[C@H]4CC[C@@H]5[C@H]6[C@H](/C(C)=N\O)CC[C@]6(NCCN6CCS(=O)(=O)CC6)CC[C@@]5(C)[C@]4(C)CC[C@H]3C2(C)C)cc1. The molecule has 1 aromatic rings. The maximum Gasteiger partial charge on any atom is 0.337 e. The number of carbonyl (C=O) groups is 1. The number of esters is 1. The zero-order valence-corrected chi connectivity index (χ0v) is 33.1. The zero-order valence-electron chi connectivity index (χ0n) is 32.3. The van der Waals surface area contributed by atoms with Crippen molar-refractivity contribution in [3.05, 3.63) is 41.5 Å². The highest BCUT2D eigenvalue weighted by Gasteiger charge is 2.70. The van der Waals surface area contributed by atoms with Crippen molar-refractivity contribution in [3.63, 3.8) is 0 Å². The van der Waals surface area contributed by atoms with Crippen molar-refractivity contribution in [2.75, 3.05) is 44.8 Å². The van der Waals surface area contributed by atoms with Crippen molar-refractivity contribution >= 4 is 27.1 Å². The largest absolute Gasteiger partial charge is 0.465 e. The van der Waals surface area contributed by atoms with Crippen LogP contribution in [0, 0.1) is 51.2 Å². The van der Waals surface area contributed by atoms with E-state index in [1.807, 2.05) is 19.1 Å². The van der Waals surface area contributed by atoms with Gasteiger partial charge in [0.15, 0.2) is 9.84 Å². The van der Waals surface area contributed by atoms with Crippen molar-refractivity contribution in [2.45, 2.75) is 105 Å². The minimum atomic E-state index is -2.89. The summed E-state index contributed by atoms with van der Waals surface area (Å²) in [6.07, 6.45) is 13.1. The van der Waals surface area contributed by atoms with E-state index in [1.165, 1.54) is 50.4 Å². The topological polar surface area (TPSA) is 108 Å². The van der Waals surface area contributed by atoms with E-state index in [4.69, 9.17) is 4.74 Å². The lowest BCUT2D eigenvalue weighted by atomic mass is 9.33. The van der Waals surface area contributed by atoms with Gasteiger partial charge < -0.3 is 20.2 Å². The molecule has 282 valence electrons. The zero-order chi connectivity index (χ0) is 36.6. The molecule has 0 amide bonds. The van der Waals surface area contributed by atoms with Crippen molar-refractivity contribution in [1.82, 2.24) is 10.2 Å². The molecule has 51 heavy (non-hydrogen) atoms. The van der Waals surface area contributed by atoms with E-state index in [1.54, 1.807) is 0 Å². The second kappa shape index (κ2) is 13.0. The van der Waals surface area contributed by atoms with Crippen molar-refractivity contribution < 1.29 is 23.2 Å². The molecule has 0 unspecified atom stereocenters. The van der Waals surface area contributed by atoms with Crippen molar-refractivity contribution in [3.8, 4) is 0 Å². The number of nitrogens with one attached hydrogen (secondary N) is 1. The average molecular weight is 722 g/mol. The number of benzene rings is 1. The summed E-state index contributed by atoms with van der Waals surface area (Å²) in [6, 6.07) is 8.03. The Morgan fingerprint density at radius 2 is 1.65 bits per heavy atom. The van der Waals surface area contributed by atoms with Crippen LogP contribution in [0.25, 0.3) is 5.57 Å². The first-order valence-electron chi connectivity index (χ1n) is 19.8. The van der Waals surface area contributed by atoms with Crippen LogP contribution in [0.5, 0.6) is 0 Å². The molecule has 5 aliphatic carbocycles. The monoisotopic (exact) mass is 721 g/mol. The van der Waals surface area contributed by atoms with Gasteiger partial charge in [-0.15, -0.1) is 0 Å². The molecule has 0 spiro atoms. The minimum absolute atomic E-state index is 0.00823. The van der Waals surface area contributed by atoms with Crippen LogP contribution in [0.4, 0.5) is 0 Å². The number of ether oxygens (including phenoxy) is 1. The van der Waals surface area contributed by atoms with E-state index in [-0.39, 0.29) is 50.6 Å². The molecule has 6 aliphatic rings. The first-order valence-corrected chi connectivity index (χ1v) is 21.6. The number of sulfone groups is 1. The number of oxime groups is 1. The molecular formula is C42H63N3O5S. The van der Waals surface area contributed by atoms with Gasteiger partial charge in [0, 0.05) is 37.6 Å². The Morgan fingerprint density at radius 1 is 0.941 bits per heavy atom. The van der Waals surface area contributed by atoms with E-state index in [9.17, 15) is 18.4 Å². The van der Waals surface area contributed by atoms with Gasteiger partial charge in [-0.2, -0.15) is 0 Å². The van der Waals surface area contributed by atoms with Crippen LogP contribution >= 0.6 is 0 Å². The minimum Gasteiger partial charge on any atom is -0.465 e. The number of methoxy groups -OCH3 is 1. The lowest BCUT2D eigenvalue weighted by Crippen LogP contribution is -2.68. The molecule has 1 heterocycles. The summed E-state index contributed by atoms with van der Waals surface area (Å²) >= 11 is 0. The van der Waals surface area contributed by atoms with Gasteiger partial charge in [-0.05, 0) is 133 Å². The third-order valence-corrected chi connectivity index (χ3v) is 18.3. The summed E-state index contributed by atoms with van der Waals surface area (Å²) in [5.41, 5.74) is 4.76. The number of allylic oxidation sites excluding steroid dienone is 2. The van der Waals surface area contributed by atoms with Gasteiger partial charge >= 0.3 is 5.97 Å². The molecule has 0 aromatic heterocycles. The highest BCUT2D eigenvalue weighted by Crippen LogP contribution is 2.76. The van der Waals surface area contributed by atoms with Crippen molar-refractivity contribution in [2.24, 2.45) is 56.4 Å². The average Bonchev–Trinajstić information content (AvgIpc) is 3.48. The highest BCUT2D eigenvalue weighted by atomic mass is 32.2. The number of hydrogen-bond donors (Lipinski definition) is 2. The van der Waals surface area contributed by atoms with E-state index in [0.717, 1.165) is 44.5 Å². The fourth-order valence-corrected chi connectivity index (χ4v) is 15.2. The van der Waals surface area contributed by atoms with E-state index >= 15 is 0 Å². The van der Waals surface area contributed by atoms with Crippen LogP contribution in [0.2, 0.25) is 0 Å². The van der Waals surface area contributed by atoms with E-state index in [0.29, 0.717) is 42.3 Å². The molecule has 0 bridgehead atoms. The number of carbonyl (C=O) groups excluding carboxylic acids is 1. The predicted molar refractivity (Wildman–Crippen MR) is 204 cm³/mol. The summed E-state index contributed by atoms with van der Waals surface area (Å²) < 4.78 is 29.0. The molecule has 8 nitrogen and oxygen atoms in total. The Kier molecular flexibility index (Phi) is 9.43. The summed E-state index contributed by atoms with van der Waals surface area (Å²) in [5, 5.41) is 18.1. The van der Waals surface area contributed by atoms with Gasteiger partial charge in [0.1, 0.15) is 0 Å². The molecule has 2 N–H and O–H groups in total. The van der Waals surface area contributed by atoms with Gasteiger partial charge in [0.2, 0.25) is 0 Å². The van der Waals surface area contributed by atoms with E-state index in [2.05, 4.69) is 68.2 Å². The molecule has 1 saturated heterocycles. The maximum atomic E-state index is 12.1. The highest BCUT2D eigenvalue weighted by molar-refractivity contribution is 7.91. The molecule has 7 rings (SSSR count). The quantitative estimate of drug-likeness (QED) is 0.130. The van der Waals surface area contributed by atoms with Gasteiger partial charge in [-0.1, -0.05) is 58.0 Å². The third kappa shape index (κ3) is 5.76. The summed E-state index contributed by atoms with van der Waals surface area (Å²) in [4.78, 5) is 14.5. The van der Waals surface area contributed by atoms with Crippen molar-refractivity contribution in [1.29, 1.82) is 0 Å². The molecular weight excluding hydrogens is 659 g/mol. The number of hydrogen-bond acceptors (Lipinski definition) is 8. The molecule has 1 aliphatic heterocycles. The first kappa shape index (κ1) is 37.1. The van der Waals surface area contributed by atoms with Gasteiger partial charge in [0.05, 0.1) is 29.9 Å². The van der Waals surface area contributed by atoms with Gasteiger partial charge in [0.25, 0.3) is 0 Å². The first-order chi connectivity index (χ1) is 24.1. The Labute approximate surface area is 307 Å². The molecule has 4 saturated carbocycles. The van der Waals surface area contributed by atoms with Crippen LogP contribution in [0.1, 0.15) is 115 Å². The fraction of sp³-hybridized carbons (Fsp3) is 0.762. The number of fused-ring (bicyclic) bond motifs is 7. The molecule has 0 radical (unpaired) electrons. The van der Waals surface area contributed by atoms with Crippen LogP contribution in [0.15, 0.2) is 35.5 Å². The Balaban J connectivity index is 1.15. The molecule has 5 fully saturated rings. The normalized spacial score (nSPS) is 41.7. The smallest absolute Gasteiger partial charge is 0.337 e. The van der Waals surface area contributed by atoms with Crippen LogP contribution < -0.4 is 5.32 Å². The predicted octanol–water partition coefficient (Wildman–Crippen LogP) is 7.47. The Hall–Kier alpha value is -2.23. The lowest BCUT2D eigenvalue weighted by molar-refractivity contribution is -0.218. The fourth-order valence-electron chi connectivity index (χ4n) is 13.9. The number of nitrogens with zero attached hydrogens (tertiary/aromatic N) is 2. The van der Waals surface area contributed by atoms with Crippen LogP contribution in [-0.2, 0) is 14.6 Å². The Morgan fingerprint density at radius 3 is 2.31 bits per heavy atom. The maximum absolute atomic E-state index is 12.1. The molecule has 9 heteroatoms. The second-order valence-corrected chi connectivity index (χ2v) is 21.1. The standard InChI is InChI=1S/C42H63N3O5S/c1-28(44-47)31-14-19-42(43-22-23-45-24-26-51(48,49)27-25-45)21-20-40(5)33(36(31)42)12-13-35-39(4)17-15-32(29-8-10-30(11-9-29)37(46)50-7)38(2,3)34(39)16-18-41(35,40)6/h8-11,15,31,33-36,43,47H,12-14,16-27H2,1-7H3/b44-28-/t31-,33+,34-,35+,36+,39-,40+,41+,42-/m0/s1. The van der Waals surface area contributed by atoms with Crippen LogP contribution in [-0.4, -0.2) is 80.5 Å².